The van der Waals surface area contributed by atoms with Crippen molar-refractivity contribution < 1.29 is 4.74 Å². The number of fused-ring (bicyclic) bond motifs is 2. The van der Waals surface area contributed by atoms with Crippen LogP contribution in [-0.2, 0) is 4.74 Å². The summed E-state index contributed by atoms with van der Waals surface area (Å²) >= 11 is 0. The lowest BCUT2D eigenvalue weighted by atomic mass is 10.0. The van der Waals surface area contributed by atoms with Crippen molar-refractivity contribution >= 4 is 0 Å². The average molecular weight is 223 g/mol. The van der Waals surface area contributed by atoms with E-state index in [-0.39, 0.29) is 0 Å². The highest BCUT2D eigenvalue weighted by Gasteiger charge is 2.48. The summed E-state index contributed by atoms with van der Waals surface area (Å²) < 4.78 is 5.83. The first-order valence-electron chi connectivity index (χ1n) is 7.03. The lowest BCUT2D eigenvalue weighted by Gasteiger charge is -2.31. The second-order valence-corrected chi connectivity index (χ2v) is 6.62. The quantitative estimate of drug-likeness (QED) is 0.710. The first-order valence-corrected chi connectivity index (χ1v) is 7.03. The van der Waals surface area contributed by atoms with Gasteiger partial charge >= 0.3 is 0 Å². The Bertz CT molecular complexity index is 259. The number of ether oxygens (including phenoxy) is 1. The molecule has 2 saturated carbocycles. The van der Waals surface area contributed by atoms with E-state index in [1.165, 1.54) is 45.2 Å². The fraction of sp³-hybridized carbons (Fsp3) is 1.00. The number of rotatable bonds is 5. The van der Waals surface area contributed by atoms with Crippen LogP contribution < -0.4 is 0 Å². The lowest BCUT2D eigenvalue weighted by Crippen LogP contribution is -2.38. The summed E-state index contributed by atoms with van der Waals surface area (Å²) in [7, 11) is 0. The maximum atomic E-state index is 5.83. The summed E-state index contributed by atoms with van der Waals surface area (Å²) in [5, 5.41) is 0. The van der Waals surface area contributed by atoms with E-state index in [0.29, 0.717) is 11.5 Å². The number of hydrogen-bond donors (Lipinski definition) is 0. The molecule has 2 heteroatoms. The molecule has 0 aromatic rings. The molecule has 0 aromatic heterocycles. The van der Waals surface area contributed by atoms with Gasteiger partial charge in [-0.25, -0.2) is 0 Å². The Labute approximate surface area is 99.3 Å². The molecule has 0 aromatic carbocycles. The van der Waals surface area contributed by atoms with Crippen LogP contribution in [0.1, 0.15) is 46.0 Å². The van der Waals surface area contributed by atoms with Gasteiger partial charge in [0.2, 0.25) is 0 Å². The minimum Gasteiger partial charge on any atom is -0.378 e. The molecule has 2 atom stereocenters. The Morgan fingerprint density at radius 3 is 2.62 bits per heavy atom. The third-order valence-corrected chi connectivity index (χ3v) is 4.74. The van der Waals surface area contributed by atoms with Crippen LogP contribution in [0.25, 0.3) is 0 Å². The maximum Gasteiger partial charge on any atom is 0.0538 e. The monoisotopic (exact) mass is 223 g/mol. The van der Waals surface area contributed by atoms with E-state index in [2.05, 4.69) is 18.7 Å². The Morgan fingerprint density at radius 2 is 2.12 bits per heavy atom. The number of likely N-dealkylation sites (tertiary alicyclic amines) is 1. The van der Waals surface area contributed by atoms with Crippen LogP contribution in [0.3, 0.4) is 0 Å². The first kappa shape index (κ1) is 11.0. The zero-order chi connectivity index (χ0) is 11.2. The Balaban J connectivity index is 1.51. The first-order chi connectivity index (χ1) is 7.67. The van der Waals surface area contributed by atoms with E-state index >= 15 is 0 Å². The van der Waals surface area contributed by atoms with Gasteiger partial charge < -0.3 is 4.74 Å². The van der Waals surface area contributed by atoms with Crippen molar-refractivity contribution in [2.45, 2.75) is 58.1 Å². The zero-order valence-electron chi connectivity index (χ0n) is 10.7. The Hall–Kier alpha value is -0.0800. The second-order valence-electron chi connectivity index (χ2n) is 6.62. The van der Waals surface area contributed by atoms with Crippen molar-refractivity contribution in [3.05, 3.63) is 0 Å². The van der Waals surface area contributed by atoms with Gasteiger partial charge in [-0.2, -0.15) is 0 Å². The Morgan fingerprint density at radius 1 is 1.31 bits per heavy atom. The van der Waals surface area contributed by atoms with E-state index in [9.17, 15) is 0 Å². The van der Waals surface area contributed by atoms with E-state index in [4.69, 9.17) is 4.74 Å². The highest BCUT2D eigenvalue weighted by Crippen LogP contribution is 2.49. The molecular weight excluding hydrogens is 198 g/mol. The smallest absolute Gasteiger partial charge is 0.0538 e. The van der Waals surface area contributed by atoms with Crippen LogP contribution in [0, 0.1) is 11.3 Å². The van der Waals surface area contributed by atoms with Gasteiger partial charge in [0.15, 0.2) is 0 Å². The molecule has 16 heavy (non-hydrogen) atoms. The van der Waals surface area contributed by atoms with Gasteiger partial charge in [0, 0.05) is 24.5 Å². The van der Waals surface area contributed by atoms with Gasteiger partial charge in [0.05, 0.1) is 12.7 Å². The van der Waals surface area contributed by atoms with Crippen LogP contribution in [0.15, 0.2) is 0 Å². The Kier molecular flexibility index (Phi) is 2.75. The molecule has 1 saturated heterocycles. The fourth-order valence-corrected chi connectivity index (χ4v) is 3.52. The van der Waals surface area contributed by atoms with Crippen molar-refractivity contribution in [3.63, 3.8) is 0 Å². The number of nitrogens with zero attached hydrogens (tertiary/aromatic N) is 1. The van der Waals surface area contributed by atoms with Gasteiger partial charge in [-0.3, -0.25) is 4.90 Å². The summed E-state index contributed by atoms with van der Waals surface area (Å²) in [6, 6.07) is 0.932. The van der Waals surface area contributed by atoms with Gasteiger partial charge in [-0.1, -0.05) is 0 Å². The molecule has 0 unspecified atom stereocenters. The average Bonchev–Trinajstić information content (AvgIpc) is 2.71. The third kappa shape index (κ3) is 2.14. The van der Waals surface area contributed by atoms with Crippen molar-refractivity contribution in [2.75, 3.05) is 19.7 Å². The van der Waals surface area contributed by atoms with Crippen LogP contribution >= 0.6 is 0 Å². The molecule has 2 aliphatic carbocycles. The lowest BCUT2D eigenvalue weighted by molar-refractivity contribution is 0.0270. The molecule has 2 bridgehead atoms. The van der Waals surface area contributed by atoms with Gasteiger partial charge in [0.25, 0.3) is 0 Å². The predicted molar refractivity (Wildman–Crippen MR) is 65.5 cm³/mol. The minimum absolute atomic E-state index is 0.396. The summed E-state index contributed by atoms with van der Waals surface area (Å²) in [4.78, 5) is 2.77. The zero-order valence-corrected chi connectivity index (χ0v) is 10.7. The molecule has 2 nitrogen and oxygen atoms in total. The second kappa shape index (κ2) is 3.99. The molecule has 0 spiro atoms. The van der Waals surface area contributed by atoms with Crippen LogP contribution in [0.2, 0.25) is 0 Å². The highest BCUT2D eigenvalue weighted by molar-refractivity contribution is 5.00. The van der Waals surface area contributed by atoms with Crippen molar-refractivity contribution in [1.82, 2.24) is 4.90 Å². The molecule has 0 amide bonds. The summed E-state index contributed by atoms with van der Waals surface area (Å²) in [5.74, 6) is 1.03. The molecule has 92 valence electrons. The summed E-state index contributed by atoms with van der Waals surface area (Å²) in [5.41, 5.74) is 0.550. The SMILES string of the molecule is CC(C)OCC1(CN2C[C@H]3CC[C@@H]2C3)CC1. The molecule has 3 fully saturated rings. The van der Waals surface area contributed by atoms with E-state index in [1.807, 2.05) is 0 Å². The topological polar surface area (TPSA) is 12.5 Å². The normalized spacial score (nSPS) is 36.2. The molecule has 1 aliphatic heterocycles. The number of hydrogen-bond acceptors (Lipinski definition) is 2. The molecule has 0 N–H and O–H groups in total. The van der Waals surface area contributed by atoms with Gasteiger partial charge in [-0.15, -0.1) is 0 Å². The molecule has 3 rings (SSSR count). The van der Waals surface area contributed by atoms with Gasteiger partial charge in [0.1, 0.15) is 0 Å². The van der Waals surface area contributed by atoms with E-state index in [0.717, 1.165) is 18.6 Å². The van der Waals surface area contributed by atoms with E-state index in [1.54, 1.807) is 0 Å². The van der Waals surface area contributed by atoms with Crippen LogP contribution in [0.4, 0.5) is 0 Å². The van der Waals surface area contributed by atoms with Gasteiger partial charge in [-0.05, 0) is 51.9 Å². The molecule has 3 aliphatic rings. The molecule has 0 radical (unpaired) electrons. The molecule has 1 heterocycles. The summed E-state index contributed by atoms with van der Waals surface area (Å²) in [6.07, 6.45) is 7.64. The fourth-order valence-electron chi connectivity index (χ4n) is 3.52. The molecular formula is C14H25NO. The standard InChI is InChI=1S/C14H25NO/c1-11(2)16-10-14(5-6-14)9-15-8-12-3-4-13(15)7-12/h11-13H,3-10H2,1-2H3/t12-,13+/m0/s1. The minimum atomic E-state index is 0.396. The third-order valence-electron chi connectivity index (χ3n) is 4.74. The van der Waals surface area contributed by atoms with Crippen molar-refractivity contribution in [2.24, 2.45) is 11.3 Å². The van der Waals surface area contributed by atoms with E-state index < -0.39 is 0 Å². The van der Waals surface area contributed by atoms with Crippen molar-refractivity contribution in [1.29, 1.82) is 0 Å². The van der Waals surface area contributed by atoms with Crippen LogP contribution in [0.5, 0.6) is 0 Å². The summed E-state index contributed by atoms with van der Waals surface area (Å²) in [6.45, 7) is 8.00. The van der Waals surface area contributed by atoms with Crippen LogP contribution in [-0.4, -0.2) is 36.7 Å². The largest absolute Gasteiger partial charge is 0.378 e. The highest BCUT2D eigenvalue weighted by atomic mass is 16.5. The number of piperidine rings is 1. The maximum absolute atomic E-state index is 5.83. The van der Waals surface area contributed by atoms with Crippen molar-refractivity contribution in [3.8, 4) is 0 Å². The predicted octanol–water partition coefficient (Wildman–Crippen LogP) is 2.68.